The predicted molar refractivity (Wildman–Crippen MR) is 191 cm³/mol. The van der Waals surface area contributed by atoms with Crippen molar-refractivity contribution in [2.75, 3.05) is 25.1 Å². The molecule has 3 heterocycles. The van der Waals surface area contributed by atoms with Gasteiger partial charge in [0.2, 0.25) is 0 Å². The summed E-state index contributed by atoms with van der Waals surface area (Å²) in [5.74, 6) is -3.07. The standard InChI is InChI=1S/C41H33N3O8/c1-24-18-28(41(51)52-17-9-4-3-8-16-43-35(45)23-32(38(43)48)25-10-6-5-7-11-25)20-29(19-24)44-39(49)31-15-13-27(22-34(31)40(44)50)26-12-14-30-33(21-26)37(47)42(2)36(30)46/h5-7,10-15,18-23H,3-4,8-9,16-17H2,1-2H3. The molecule has 4 aromatic rings. The van der Waals surface area contributed by atoms with Crippen LogP contribution in [0.5, 0.6) is 0 Å². The Bertz CT molecular complexity index is 2260. The Morgan fingerprint density at radius 2 is 1.23 bits per heavy atom. The molecule has 52 heavy (non-hydrogen) atoms. The molecule has 0 aliphatic carbocycles. The minimum absolute atomic E-state index is 0.151. The monoisotopic (exact) mass is 695 g/mol. The van der Waals surface area contributed by atoms with E-state index in [2.05, 4.69) is 0 Å². The summed E-state index contributed by atoms with van der Waals surface area (Å²) in [6.45, 7) is 2.21. The smallest absolute Gasteiger partial charge is 0.338 e. The van der Waals surface area contributed by atoms with Gasteiger partial charge in [0.05, 0.1) is 45.7 Å². The topological polar surface area (TPSA) is 138 Å². The van der Waals surface area contributed by atoms with Crippen molar-refractivity contribution < 1.29 is 38.3 Å². The van der Waals surface area contributed by atoms with Crippen LogP contribution in [0.25, 0.3) is 16.7 Å². The first-order chi connectivity index (χ1) is 25.0. The van der Waals surface area contributed by atoms with Gasteiger partial charge in [0.25, 0.3) is 35.4 Å². The highest BCUT2D eigenvalue weighted by atomic mass is 16.5. The zero-order chi connectivity index (χ0) is 36.7. The van der Waals surface area contributed by atoms with E-state index in [1.54, 1.807) is 67.6 Å². The summed E-state index contributed by atoms with van der Waals surface area (Å²) in [6, 6.07) is 23.5. The molecular formula is C41H33N3O8. The molecule has 7 rings (SSSR count). The van der Waals surface area contributed by atoms with Gasteiger partial charge in [-0.1, -0.05) is 48.9 Å². The van der Waals surface area contributed by atoms with E-state index in [4.69, 9.17) is 4.74 Å². The van der Waals surface area contributed by atoms with Gasteiger partial charge in [-0.15, -0.1) is 0 Å². The largest absolute Gasteiger partial charge is 0.462 e. The van der Waals surface area contributed by atoms with Crippen molar-refractivity contribution in [2.24, 2.45) is 0 Å². The molecule has 0 aromatic heterocycles. The molecule has 0 unspecified atom stereocenters. The van der Waals surface area contributed by atoms with Crippen LogP contribution in [0.2, 0.25) is 0 Å². The summed E-state index contributed by atoms with van der Waals surface area (Å²) >= 11 is 0. The molecule has 0 spiro atoms. The number of imide groups is 3. The molecule has 3 aliphatic heterocycles. The zero-order valence-electron chi connectivity index (χ0n) is 28.5. The van der Waals surface area contributed by atoms with Crippen LogP contribution in [0, 0.1) is 6.92 Å². The lowest BCUT2D eigenvalue weighted by molar-refractivity contribution is -0.136. The molecule has 0 saturated heterocycles. The highest BCUT2D eigenvalue weighted by Gasteiger charge is 2.38. The summed E-state index contributed by atoms with van der Waals surface area (Å²) in [5, 5.41) is 0. The number of aryl methyl sites for hydroxylation is 1. The van der Waals surface area contributed by atoms with Gasteiger partial charge in [-0.25, -0.2) is 9.69 Å². The Morgan fingerprint density at radius 3 is 1.94 bits per heavy atom. The fourth-order valence-corrected chi connectivity index (χ4v) is 6.72. The maximum Gasteiger partial charge on any atom is 0.338 e. The Hall–Kier alpha value is -6.49. The maximum absolute atomic E-state index is 13.6. The van der Waals surface area contributed by atoms with E-state index in [0.29, 0.717) is 52.8 Å². The number of anilines is 1. The highest BCUT2D eigenvalue weighted by molar-refractivity contribution is 6.35. The van der Waals surface area contributed by atoms with Crippen LogP contribution in [-0.4, -0.2) is 71.4 Å². The fourth-order valence-electron chi connectivity index (χ4n) is 6.72. The molecule has 0 N–H and O–H groups in total. The number of esters is 1. The van der Waals surface area contributed by atoms with Crippen molar-refractivity contribution in [2.45, 2.75) is 32.6 Å². The molecule has 0 saturated carbocycles. The lowest BCUT2D eigenvalue weighted by Crippen LogP contribution is -2.31. The summed E-state index contributed by atoms with van der Waals surface area (Å²) in [6.07, 6.45) is 4.02. The molecule has 0 radical (unpaired) electrons. The van der Waals surface area contributed by atoms with Crippen LogP contribution in [0.15, 0.2) is 91.0 Å². The normalized spacial score (nSPS) is 15.1. The number of rotatable bonds is 11. The van der Waals surface area contributed by atoms with Gasteiger partial charge in [-0.05, 0) is 90.9 Å². The third-order valence-electron chi connectivity index (χ3n) is 9.47. The van der Waals surface area contributed by atoms with E-state index >= 15 is 0 Å². The maximum atomic E-state index is 13.6. The average molecular weight is 696 g/mol. The van der Waals surface area contributed by atoms with E-state index < -0.39 is 23.7 Å². The lowest BCUT2D eigenvalue weighted by Gasteiger charge is -2.16. The van der Waals surface area contributed by atoms with Crippen molar-refractivity contribution in [3.63, 3.8) is 0 Å². The van der Waals surface area contributed by atoms with Crippen LogP contribution >= 0.6 is 0 Å². The van der Waals surface area contributed by atoms with Gasteiger partial charge in [-0.2, -0.15) is 0 Å². The Balaban J connectivity index is 0.937. The number of carbonyl (C=O) groups is 7. The lowest BCUT2D eigenvalue weighted by atomic mass is 9.97. The van der Waals surface area contributed by atoms with Crippen LogP contribution in [0.1, 0.15) is 88.6 Å². The fraction of sp³-hybridized carbons (Fsp3) is 0.195. The number of fused-ring (bicyclic) bond motifs is 2. The first-order valence-corrected chi connectivity index (χ1v) is 16.9. The summed E-state index contributed by atoms with van der Waals surface area (Å²) in [4.78, 5) is 93.5. The summed E-state index contributed by atoms with van der Waals surface area (Å²) in [7, 11) is 1.42. The van der Waals surface area contributed by atoms with Crippen LogP contribution < -0.4 is 4.90 Å². The molecule has 0 atom stereocenters. The zero-order valence-corrected chi connectivity index (χ0v) is 28.5. The first kappa shape index (κ1) is 34.0. The molecule has 260 valence electrons. The second-order valence-electron chi connectivity index (χ2n) is 13.0. The number of ether oxygens (including phenoxy) is 1. The quantitative estimate of drug-likeness (QED) is 0.108. The number of nitrogens with zero attached hydrogens (tertiary/aromatic N) is 3. The van der Waals surface area contributed by atoms with Crippen LogP contribution in [0.4, 0.5) is 5.69 Å². The summed E-state index contributed by atoms with van der Waals surface area (Å²) in [5.41, 5.74) is 4.38. The molecule has 0 bridgehead atoms. The van der Waals surface area contributed by atoms with E-state index in [-0.39, 0.29) is 52.3 Å². The molecule has 4 aromatic carbocycles. The van der Waals surface area contributed by atoms with Gasteiger partial charge < -0.3 is 4.74 Å². The highest BCUT2D eigenvalue weighted by Crippen LogP contribution is 2.34. The SMILES string of the molecule is Cc1cc(C(=O)OCCCCCCN2C(=O)C=C(c3ccccc3)C2=O)cc(N2C(=O)c3ccc(-c4ccc5c(c4)C(=O)N(C)C5=O)cc3C2=O)c1. The number of benzene rings is 4. The second-order valence-corrected chi connectivity index (χ2v) is 13.0. The van der Waals surface area contributed by atoms with Crippen molar-refractivity contribution in [1.82, 2.24) is 9.80 Å². The van der Waals surface area contributed by atoms with Gasteiger partial charge in [-0.3, -0.25) is 38.6 Å². The molecule has 6 amide bonds. The van der Waals surface area contributed by atoms with Crippen LogP contribution in [-0.2, 0) is 14.3 Å². The third-order valence-corrected chi connectivity index (χ3v) is 9.47. The van der Waals surface area contributed by atoms with E-state index in [1.807, 2.05) is 18.2 Å². The minimum atomic E-state index is -0.591. The Labute approximate surface area is 299 Å². The van der Waals surface area contributed by atoms with Crippen molar-refractivity contribution in [1.29, 1.82) is 0 Å². The number of hydrogen-bond donors (Lipinski definition) is 0. The predicted octanol–water partition coefficient (Wildman–Crippen LogP) is 5.86. The number of hydrogen-bond acceptors (Lipinski definition) is 8. The van der Waals surface area contributed by atoms with Gasteiger partial charge in [0.15, 0.2) is 0 Å². The average Bonchev–Trinajstić information content (AvgIpc) is 3.67. The van der Waals surface area contributed by atoms with Crippen molar-refractivity contribution in [3.05, 3.63) is 130 Å². The summed E-state index contributed by atoms with van der Waals surface area (Å²) < 4.78 is 5.51. The van der Waals surface area contributed by atoms with Gasteiger partial charge in [0, 0.05) is 19.7 Å². The van der Waals surface area contributed by atoms with E-state index in [0.717, 1.165) is 22.6 Å². The van der Waals surface area contributed by atoms with Crippen molar-refractivity contribution in [3.8, 4) is 11.1 Å². The van der Waals surface area contributed by atoms with E-state index in [1.165, 1.54) is 24.1 Å². The van der Waals surface area contributed by atoms with Crippen molar-refractivity contribution >= 4 is 52.7 Å². The number of carbonyl (C=O) groups excluding carboxylic acids is 7. The molecule has 0 fully saturated rings. The second kappa shape index (κ2) is 13.7. The minimum Gasteiger partial charge on any atom is -0.462 e. The molecule has 3 aliphatic rings. The van der Waals surface area contributed by atoms with E-state index in [9.17, 15) is 33.6 Å². The Kier molecular flexibility index (Phi) is 8.93. The van der Waals surface area contributed by atoms with Crippen LogP contribution in [0.3, 0.4) is 0 Å². The van der Waals surface area contributed by atoms with Gasteiger partial charge >= 0.3 is 5.97 Å². The molecule has 11 heteroatoms. The third kappa shape index (κ3) is 6.10. The number of unbranched alkanes of at least 4 members (excludes halogenated alkanes) is 3. The number of amides is 6. The molecule has 11 nitrogen and oxygen atoms in total. The molecular weight excluding hydrogens is 662 g/mol. The Morgan fingerprint density at radius 1 is 0.615 bits per heavy atom. The first-order valence-electron chi connectivity index (χ1n) is 16.9. The van der Waals surface area contributed by atoms with Gasteiger partial charge in [0.1, 0.15) is 0 Å².